The third-order valence-corrected chi connectivity index (χ3v) is 7.61. The fraction of sp³-hybridized carbons (Fsp3) is 0.786. The summed E-state index contributed by atoms with van der Waals surface area (Å²) in [5, 5.41) is 0. The summed E-state index contributed by atoms with van der Waals surface area (Å²) in [6.45, 7) is 5.33. The van der Waals surface area contributed by atoms with Gasteiger partial charge in [-0.05, 0) is 25.7 Å². The van der Waals surface area contributed by atoms with Gasteiger partial charge in [0.05, 0.1) is 25.9 Å². The van der Waals surface area contributed by atoms with Crippen LogP contribution in [0.15, 0.2) is 30.3 Å². The number of rotatable bonds is 22. The number of hydrogen-bond acceptors (Lipinski definition) is 2. The van der Waals surface area contributed by atoms with Gasteiger partial charge in [0.1, 0.15) is 6.54 Å². The summed E-state index contributed by atoms with van der Waals surface area (Å²) in [6.07, 6.45) is 20.6. The normalized spacial score (nSPS) is 13.8. The molecular formula is C28H52NO3S+. The Bertz CT molecular complexity index is 678. The molecule has 0 heterocycles. The number of benzene rings is 1. The minimum atomic E-state index is -3.85. The van der Waals surface area contributed by atoms with Crippen molar-refractivity contribution in [2.24, 2.45) is 0 Å². The van der Waals surface area contributed by atoms with Crippen molar-refractivity contribution >= 4 is 10.1 Å². The van der Waals surface area contributed by atoms with Gasteiger partial charge < -0.3 is 4.48 Å². The maximum absolute atomic E-state index is 11.0. The van der Waals surface area contributed by atoms with Gasteiger partial charge in [-0.15, -0.1) is 0 Å². The second kappa shape index (κ2) is 18.4. The van der Waals surface area contributed by atoms with E-state index in [4.69, 9.17) is 4.55 Å². The average molecular weight is 483 g/mol. The van der Waals surface area contributed by atoms with Crippen LogP contribution in [0.1, 0.15) is 115 Å². The zero-order chi connectivity index (χ0) is 24.3. The number of unbranched alkanes of at least 4 members (excludes halogenated alkanes) is 14. The van der Waals surface area contributed by atoms with E-state index in [9.17, 15) is 8.42 Å². The predicted octanol–water partition coefficient (Wildman–Crippen LogP) is 7.78. The number of nitrogens with zero attached hydrogens (tertiary/aromatic N) is 1. The molecule has 0 fully saturated rings. The molecule has 1 aromatic rings. The topological polar surface area (TPSA) is 54.4 Å². The molecule has 0 saturated heterocycles. The van der Waals surface area contributed by atoms with Gasteiger partial charge in [-0.25, -0.2) is 0 Å². The largest absolute Gasteiger partial charge is 0.322 e. The first-order valence-corrected chi connectivity index (χ1v) is 15.3. The third-order valence-electron chi connectivity index (χ3n) is 6.81. The lowest BCUT2D eigenvalue weighted by molar-refractivity contribution is -0.923. The van der Waals surface area contributed by atoms with Crippen LogP contribution in [0.3, 0.4) is 0 Å². The maximum Gasteiger partial charge on any atom is 0.264 e. The molecule has 1 atom stereocenters. The van der Waals surface area contributed by atoms with Crippen LogP contribution in [-0.4, -0.2) is 43.3 Å². The summed E-state index contributed by atoms with van der Waals surface area (Å²) in [6, 6.07) is 10.6. The molecule has 1 aromatic carbocycles. The number of quaternary nitrogens is 1. The SMILES string of the molecule is CCCCCCCCCCCCCCCC[N+](C)(CCCCS(=O)(=O)O)Cc1ccccc1. The van der Waals surface area contributed by atoms with E-state index in [0.29, 0.717) is 6.42 Å². The molecule has 192 valence electrons. The molecule has 0 aliphatic rings. The molecule has 0 spiro atoms. The first-order chi connectivity index (χ1) is 15.8. The van der Waals surface area contributed by atoms with Crippen molar-refractivity contribution in [3.05, 3.63) is 35.9 Å². The van der Waals surface area contributed by atoms with Crippen molar-refractivity contribution < 1.29 is 17.5 Å². The third kappa shape index (κ3) is 18.1. The molecule has 0 saturated carbocycles. The highest BCUT2D eigenvalue weighted by Gasteiger charge is 2.21. The monoisotopic (exact) mass is 482 g/mol. The van der Waals surface area contributed by atoms with Crippen LogP contribution in [-0.2, 0) is 16.7 Å². The molecule has 0 amide bonds. The summed E-state index contributed by atoms with van der Waals surface area (Å²) >= 11 is 0. The highest BCUT2D eigenvalue weighted by molar-refractivity contribution is 7.85. The second-order valence-corrected chi connectivity index (χ2v) is 11.9. The van der Waals surface area contributed by atoms with E-state index in [1.165, 1.54) is 95.5 Å². The standard InChI is InChI=1S/C28H51NO3S/c1-3-4-5-6-7-8-9-10-11-12-13-14-15-19-24-29(2,25-20-21-26-33(30,31)32)27-28-22-17-16-18-23-28/h16-18,22-23H,3-15,19-21,24-27H2,1-2H3/p+1. The van der Waals surface area contributed by atoms with Gasteiger partial charge in [0, 0.05) is 5.56 Å². The Morgan fingerprint density at radius 1 is 0.667 bits per heavy atom. The smallest absolute Gasteiger partial charge is 0.264 e. The van der Waals surface area contributed by atoms with Crippen LogP contribution in [0.25, 0.3) is 0 Å². The molecule has 1 rings (SSSR count). The summed E-state index contributed by atoms with van der Waals surface area (Å²) < 4.78 is 32.0. The molecule has 1 unspecified atom stereocenters. The Kier molecular flexibility index (Phi) is 16.8. The van der Waals surface area contributed by atoms with Crippen LogP contribution < -0.4 is 0 Å². The van der Waals surface area contributed by atoms with E-state index in [-0.39, 0.29) is 5.75 Å². The van der Waals surface area contributed by atoms with Gasteiger partial charge in [0.25, 0.3) is 10.1 Å². The molecule has 5 heteroatoms. The Balaban J connectivity index is 2.19. The Labute approximate surface area is 205 Å². The number of hydrogen-bond donors (Lipinski definition) is 1. The van der Waals surface area contributed by atoms with E-state index in [2.05, 4.69) is 38.2 Å². The Morgan fingerprint density at radius 3 is 1.55 bits per heavy atom. The van der Waals surface area contributed by atoms with E-state index in [1.54, 1.807) is 0 Å². The summed E-state index contributed by atoms with van der Waals surface area (Å²) in [5.41, 5.74) is 1.33. The van der Waals surface area contributed by atoms with E-state index < -0.39 is 10.1 Å². The fourth-order valence-electron chi connectivity index (χ4n) is 4.76. The van der Waals surface area contributed by atoms with Crippen molar-refractivity contribution in [1.29, 1.82) is 0 Å². The quantitative estimate of drug-likeness (QED) is 0.104. The van der Waals surface area contributed by atoms with Crippen molar-refractivity contribution in [2.75, 3.05) is 25.9 Å². The van der Waals surface area contributed by atoms with Crippen molar-refractivity contribution in [2.45, 2.75) is 116 Å². The molecule has 4 nitrogen and oxygen atoms in total. The van der Waals surface area contributed by atoms with Gasteiger partial charge in [-0.3, -0.25) is 4.55 Å². The zero-order valence-electron chi connectivity index (χ0n) is 21.6. The van der Waals surface area contributed by atoms with Crippen molar-refractivity contribution in [3.8, 4) is 0 Å². The average Bonchev–Trinajstić information content (AvgIpc) is 2.77. The lowest BCUT2D eigenvalue weighted by atomic mass is 10.0. The molecule has 1 N–H and O–H groups in total. The highest BCUT2D eigenvalue weighted by Crippen LogP contribution is 2.18. The molecule has 0 bridgehead atoms. The van der Waals surface area contributed by atoms with Crippen LogP contribution in [0.5, 0.6) is 0 Å². The van der Waals surface area contributed by atoms with Gasteiger partial charge >= 0.3 is 0 Å². The summed E-state index contributed by atoms with van der Waals surface area (Å²) in [5.74, 6) is -0.128. The lowest BCUT2D eigenvalue weighted by Crippen LogP contribution is -2.44. The first-order valence-electron chi connectivity index (χ1n) is 13.7. The molecule has 33 heavy (non-hydrogen) atoms. The summed E-state index contributed by atoms with van der Waals surface area (Å²) in [7, 11) is -1.56. The molecular weight excluding hydrogens is 430 g/mol. The minimum Gasteiger partial charge on any atom is -0.322 e. The zero-order valence-corrected chi connectivity index (χ0v) is 22.5. The molecule has 0 aliphatic carbocycles. The van der Waals surface area contributed by atoms with E-state index in [0.717, 1.165) is 30.5 Å². The second-order valence-electron chi connectivity index (χ2n) is 10.3. The van der Waals surface area contributed by atoms with Crippen molar-refractivity contribution in [1.82, 2.24) is 0 Å². The molecule has 0 radical (unpaired) electrons. The molecule has 0 aliphatic heterocycles. The van der Waals surface area contributed by atoms with Crippen LogP contribution in [0, 0.1) is 0 Å². The Hall–Kier alpha value is -0.910. The minimum absolute atomic E-state index is 0.128. The predicted molar refractivity (Wildman–Crippen MR) is 142 cm³/mol. The lowest BCUT2D eigenvalue weighted by Gasteiger charge is -2.35. The van der Waals surface area contributed by atoms with Crippen LogP contribution in [0.4, 0.5) is 0 Å². The van der Waals surface area contributed by atoms with Gasteiger partial charge in [-0.2, -0.15) is 8.42 Å². The van der Waals surface area contributed by atoms with Crippen molar-refractivity contribution in [3.63, 3.8) is 0 Å². The maximum atomic E-state index is 11.0. The van der Waals surface area contributed by atoms with Crippen LogP contribution in [0.2, 0.25) is 0 Å². The van der Waals surface area contributed by atoms with Gasteiger partial charge in [0.15, 0.2) is 0 Å². The fourth-order valence-corrected chi connectivity index (χ4v) is 5.33. The van der Waals surface area contributed by atoms with E-state index in [1.807, 2.05) is 6.07 Å². The summed E-state index contributed by atoms with van der Waals surface area (Å²) in [4.78, 5) is 0. The van der Waals surface area contributed by atoms with E-state index >= 15 is 0 Å². The highest BCUT2D eigenvalue weighted by atomic mass is 32.2. The first kappa shape index (κ1) is 30.1. The van der Waals surface area contributed by atoms with Crippen LogP contribution >= 0.6 is 0 Å². The Morgan fingerprint density at radius 2 is 1.09 bits per heavy atom. The molecule has 0 aromatic heterocycles. The van der Waals surface area contributed by atoms with Gasteiger partial charge in [-0.1, -0.05) is 114 Å². The van der Waals surface area contributed by atoms with Gasteiger partial charge in [0.2, 0.25) is 0 Å².